The lowest BCUT2D eigenvalue weighted by Crippen LogP contribution is -2.10. The SMILES string of the molecule is c1ccc(-c2ccc(-c3ccc(N(c4ccccc4)c4cccc(-c5cccc6c5oc5c6ccc6ccc7ccccc7c65)c4)cc3)cc2)cc1.c1ccc(-c2ccc(N(c3ccc(-c4ccccc4)cc3)c3cccc(-c4cccc5c4oc4c5ccc5ccc6ccccc6c54)c3)cc2)cc1.c1ccc(-c2ccc(N(c3ccccc3)c3cccc(-c4cccc5c4oc4c5ccc5ccc6ccccc6c54)c3)cc2)cc1. The summed E-state index contributed by atoms with van der Waals surface area (Å²) < 4.78 is 20.7. The molecule has 29 rings (SSSR count). The topological polar surface area (TPSA) is 49.1 Å². The molecule has 0 aliphatic carbocycles. The molecule has 0 saturated heterocycles. The fourth-order valence-corrected chi connectivity index (χ4v) is 22.2. The highest BCUT2D eigenvalue weighted by molar-refractivity contribution is 6.27. The Morgan fingerprint density at radius 2 is 0.287 bits per heavy atom. The van der Waals surface area contributed by atoms with E-state index < -0.39 is 0 Å². The maximum absolute atomic E-state index is 6.93. The third kappa shape index (κ3) is 16.6. The summed E-state index contributed by atoms with van der Waals surface area (Å²) >= 11 is 0. The standard InChI is InChI=1S/2C50H33NO.C44H29NO/c1-3-11-34(12-4-1)35-21-23-36(24-22-35)37-27-30-42(31-28-37)51(41-15-5-2-6-16-41)43-17-9-14-40(33-43)45-19-10-20-46-47-32-29-39-26-25-38-13-7-8-18-44(38)48(39)50(47)52-49(45)46;1-3-11-34(12-4-1)36-23-28-41(29-24-36)51(42-30-25-37(26-31-42)35-13-5-2-6-14-35)43-17-9-16-40(33-43)45-19-10-20-46-47-32-27-39-22-21-38-15-7-8-18-44(38)48(39)50(47)52-49(45)46;1-3-11-30(12-4-1)31-23-26-36(27-24-31)45(35-15-5-2-6-16-35)37-17-9-14-34(29-37)39-19-10-20-40-41-28-25-33-22-21-32-13-7-8-18-38(32)42(33)44(41)46-43(39)40/h2*1-33H;1-29H. The van der Waals surface area contributed by atoms with Crippen molar-refractivity contribution in [2.75, 3.05) is 14.7 Å². The fourth-order valence-electron chi connectivity index (χ4n) is 22.2. The minimum Gasteiger partial charge on any atom is -0.455 e. The van der Waals surface area contributed by atoms with Crippen LogP contribution in [0.2, 0.25) is 0 Å². The molecule has 0 spiro atoms. The van der Waals surface area contributed by atoms with Gasteiger partial charge in [0.05, 0.1) is 0 Å². The van der Waals surface area contributed by atoms with E-state index >= 15 is 0 Å². The predicted octanol–water partition coefficient (Wildman–Crippen LogP) is 41.4. The second-order valence-electron chi connectivity index (χ2n) is 38.4. The van der Waals surface area contributed by atoms with Gasteiger partial charge in [0.15, 0.2) is 0 Å². The first kappa shape index (κ1) is 89.0. The summed E-state index contributed by atoms with van der Waals surface area (Å²) in [6, 6.07) is 205. The van der Waals surface area contributed by atoms with Crippen molar-refractivity contribution in [3.05, 3.63) is 576 Å². The van der Waals surface area contributed by atoms with Gasteiger partial charge in [-0.15, -0.1) is 0 Å². The van der Waals surface area contributed by atoms with E-state index in [4.69, 9.17) is 13.3 Å². The first-order valence-corrected chi connectivity index (χ1v) is 51.2. The molecule has 6 nitrogen and oxygen atoms in total. The van der Waals surface area contributed by atoms with E-state index in [9.17, 15) is 0 Å². The van der Waals surface area contributed by atoms with Gasteiger partial charge in [0.1, 0.15) is 33.5 Å². The van der Waals surface area contributed by atoms with Crippen LogP contribution in [0.3, 0.4) is 0 Å². The maximum Gasteiger partial charge on any atom is 0.143 e. The van der Waals surface area contributed by atoms with E-state index in [0.717, 1.165) is 161 Å². The molecule has 0 fully saturated rings. The molecule has 0 saturated carbocycles. The molecule has 6 heteroatoms. The summed E-state index contributed by atoms with van der Waals surface area (Å²) in [6.45, 7) is 0. The van der Waals surface area contributed by atoms with Crippen LogP contribution in [0.25, 0.3) is 219 Å². The molecule has 0 radical (unpaired) electrons. The van der Waals surface area contributed by atoms with Crippen molar-refractivity contribution in [1.82, 2.24) is 0 Å². The molecule has 29 aromatic rings. The van der Waals surface area contributed by atoms with Crippen LogP contribution in [0.1, 0.15) is 0 Å². The molecular weight excluding hydrogens is 1820 g/mol. The highest BCUT2D eigenvalue weighted by Crippen LogP contribution is 2.50. The summed E-state index contributed by atoms with van der Waals surface area (Å²) in [5.74, 6) is 0. The second-order valence-corrected chi connectivity index (χ2v) is 38.4. The molecule has 0 unspecified atom stereocenters. The number of nitrogens with zero attached hydrogens (tertiary/aromatic N) is 3. The lowest BCUT2D eigenvalue weighted by atomic mass is 9.98. The highest BCUT2D eigenvalue weighted by atomic mass is 16.3. The molecule has 26 aromatic carbocycles. The van der Waals surface area contributed by atoms with Gasteiger partial charge >= 0.3 is 0 Å². The van der Waals surface area contributed by atoms with Crippen LogP contribution in [0, 0.1) is 0 Å². The number of furan rings is 3. The van der Waals surface area contributed by atoms with E-state index in [2.05, 4.69) is 591 Å². The van der Waals surface area contributed by atoms with Crippen LogP contribution in [-0.4, -0.2) is 0 Å². The summed E-state index contributed by atoms with van der Waals surface area (Å²) in [4.78, 5) is 6.98. The van der Waals surface area contributed by atoms with Crippen molar-refractivity contribution in [2.24, 2.45) is 0 Å². The van der Waals surface area contributed by atoms with Gasteiger partial charge in [0.25, 0.3) is 0 Å². The smallest absolute Gasteiger partial charge is 0.143 e. The largest absolute Gasteiger partial charge is 0.455 e. The molecule has 3 heterocycles. The van der Waals surface area contributed by atoms with Gasteiger partial charge in [0.2, 0.25) is 0 Å². The van der Waals surface area contributed by atoms with Gasteiger partial charge in [-0.25, -0.2) is 0 Å². The summed E-state index contributed by atoms with van der Waals surface area (Å²) in [5, 5.41) is 21.1. The van der Waals surface area contributed by atoms with Crippen LogP contribution in [0.15, 0.2) is 590 Å². The Bertz CT molecular complexity index is 10000. The van der Waals surface area contributed by atoms with Crippen molar-refractivity contribution >= 4 is 182 Å². The molecular formula is C144H95N3O3. The third-order valence-corrected chi connectivity index (χ3v) is 29.5. The van der Waals surface area contributed by atoms with Gasteiger partial charge in [0, 0.05) is 116 Å². The third-order valence-electron chi connectivity index (χ3n) is 29.5. The van der Waals surface area contributed by atoms with E-state index in [1.54, 1.807) is 0 Å². The molecule has 0 amide bonds. The zero-order valence-electron chi connectivity index (χ0n) is 81.9. The van der Waals surface area contributed by atoms with Crippen molar-refractivity contribution in [2.45, 2.75) is 0 Å². The van der Waals surface area contributed by atoms with Crippen LogP contribution < -0.4 is 14.7 Å². The van der Waals surface area contributed by atoms with E-state index in [1.165, 1.54) is 109 Å². The van der Waals surface area contributed by atoms with Crippen LogP contribution in [0.4, 0.5) is 51.2 Å². The van der Waals surface area contributed by atoms with E-state index in [-0.39, 0.29) is 0 Å². The monoisotopic (exact) mass is 1910 g/mol. The summed E-state index contributed by atoms with van der Waals surface area (Å²) in [6.07, 6.45) is 0. The lowest BCUT2D eigenvalue weighted by molar-refractivity contribution is 0.673. The van der Waals surface area contributed by atoms with Gasteiger partial charge in [-0.2, -0.15) is 0 Å². The molecule has 0 bridgehead atoms. The number of rotatable bonds is 17. The Labute approximate surface area is 868 Å². The number of hydrogen-bond acceptors (Lipinski definition) is 6. The summed E-state index contributed by atoms with van der Waals surface area (Å²) in [5.41, 5.74) is 33.9. The molecule has 0 N–H and O–H groups in total. The number of fused-ring (bicyclic) bond motifs is 21. The Morgan fingerprint density at radius 1 is 0.107 bits per heavy atom. The first-order valence-electron chi connectivity index (χ1n) is 51.2. The molecule has 704 valence electrons. The Kier molecular flexibility index (Phi) is 22.9. The van der Waals surface area contributed by atoms with Crippen molar-refractivity contribution in [1.29, 1.82) is 0 Å². The summed E-state index contributed by atoms with van der Waals surface area (Å²) in [7, 11) is 0. The number of anilines is 9. The van der Waals surface area contributed by atoms with Crippen molar-refractivity contribution in [3.63, 3.8) is 0 Å². The molecule has 0 aliphatic rings. The number of benzene rings is 26. The van der Waals surface area contributed by atoms with E-state index in [0.29, 0.717) is 0 Å². The fraction of sp³-hybridized carbons (Fsp3) is 0. The first-order chi connectivity index (χ1) is 74.4. The average Bonchev–Trinajstić information content (AvgIpc) is 1.57. The van der Waals surface area contributed by atoms with Gasteiger partial charge < -0.3 is 28.0 Å². The minimum atomic E-state index is 0.904. The second kappa shape index (κ2) is 38.6. The Hall–Kier alpha value is -19.9. The number of para-hydroxylation sites is 5. The quantitative estimate of drug-likeness (QED) is 0.0847. The zero-order valence-corrected chi connectivity index (χ0v) is 81.9. The Morgan fingerprint density at radius 3 is 0.553 bits per heavy atom. The van der Waals surface area contributed by atoms with Crippen molar-refractivity contribution < 1.29 is 13.3 Å². The van der Waals surface area contributed by atoms with Gasteiger partial charge in [-0.05, 0) is 248 Å². The van der Waals surface area contributed by atoms with E-state index in [1.807, 2.05) is 0 Å². The van der Waals surface area contributed by atoms with Gasteiger partial charge in [-0.3, -0.25) is 0 Å². The van der Waals surface area contributed by atoms with Crippen LogP contribution in [0.5, 0.6) is 0 Å². The maximum atomic E-state index is 6.93. The zero-order chi connectivity index (χ0) is 99.3. The number of hydrogen-bond donors (Lipinski definition) is 0. The normalized spacial score (nSPS) is 11.5. The molecule has 0 atom stereocenters. The molecule has 150 heavy (non-hydrogen) atoms. The highest BCUT2D eigenvalue weighted by Gasteiger charge is 2.25. The van der Waals surface area contributed by atoms with Crippen LogP contribution >= 0.6 is 0 Å². The minimum absolute atomic E-state index is 0.904. The van der Waals surface area contributed by atoms with Crippen LogP contribution in [-0.2, 0) is 0 Å². The van der Waals surface area contributed by atoms with Crippen molar-refractivity contribution in [3.8, 4) is 89.0 Å². The van der Waals surface area contributed by atoms with Gasteiger partial charge in [-0.1, -0.05) is 449 Å². The average molecular weight is 1920 g/mol. The predicted molar refractivity (Wildman–Crippen MR) is 634 cm³/mol. The Balaban J connectivity index is 0.000000111. The molecule has 0 aliphatic heterocycles. The molecule has 3 aromatic heterocycles. The lowest BCUT2D eigenvalue weighted by Gasteiger charge is -2.26.